The van der Waals surface area contributed by atoms with Crippen molar-refractivity contribution >= 4 is 16.8 Å². The summed E-state index contributed by atoms with van der Waals surface area (Å²) in [5, 5.41) is 0.975. The van der Waals surface area contributed by atoms with Crippen LogP contribution in [0.2, 0.25) is 0 Å². The van der Waals surface area contributed by atoms with Crippen molar-refractivity contribution in [2.45, 2.75) is 13.8 Å². The lowest BCUT2D eigenvalue weighted by Crippen LogP contribution is -2.31. The molecule has 1 heterocycles. The van der Waals surface area contributed by atoms with Crippen LogP contribution in [0.25, 0.3) is 10.9 Å². The molecule has 0 saturated carbocycles. The molecular formula is C15H20N2O2. The lowest BCUT2D eigenvalue weighted by atomic mass is 10.2. The zero-order valence-corrected chi connectivity index (χ0v) is 11.9. The first kappa shape index (κ1) is 13.5. The number of hydrogen-bond acceptors (Lipinski definition) is 2. The van der Waals surface area contributed by atoms with Crippen LogP contribution in [0.1, 0.15) is 24.3 Å². The van der Waals surface area contributed by atoms with Gasteiger partial charge in [0.25, 0.3) is 5.91 Å². The second-order valence-electron chi connectivity index (χ2n) is 4.46. The second-order valence-corrected chi connectivity index (χ2v) is 4.46. The van der Waals surface area contributed by atoms with Crippen LogP contribution in [0.5, 0.6) is 5.75 Å². The van der Waals surface area contributed by atoms with Crippen LogP contribution in [0, 0.1) is 0 Å². The molecule has 1 amide bonds. The molecule has 2 rings (SSSR count). The van der Waals surface area contributed by atoms with Gasteiger partial charge in [0, 0.05) is 25.5 Å². The van der Waals surface area contributed by atoms with E-state index in [2.05, 4.69) is 0 Å². The number of hydrogen-bond donors (Lipinski definition) is 0. The summed E-state index contributed by atoms with van der Waals surface area (Å²) < 4.78 is 7.28. The largest absolute Gasteiger partial charge is 0.496 e. The Hall–Kier alpha value is -1.97. The number of aromatic nitrogens is 1. The normalized spacial score (nSPS) is 10.7. The van der Waals surface area contributed by atoms with E-state index in [1.165, 1.54) is 0 Å². The minimum atomic E-state index is 0.0609. The molecule has 0 bridgehead atoms. The minimum absolute atomic E-state index is 0.0609. The third-order valence-corrected chi connectivity index (χ3v) is 3.54. The fraction of sp³-hybridized carbons (Fsp3) is 0.400. The summed E-state index contributed by atoms with van der Waals surface area (Å²) in [5.74, 6) is 0.859. The number of carbonyl (C=O) groups excluding carboxylic acids is 1. The van der Waals surface area contributed by atoms with E-state index >= 15 is 0 Å². The topological polar surface area (TPSA) is 34.5 Å². The highest BCUT2D eigenvalue weighted by molar-refractivity contribution is 6.00. The first-order valence-corrected chi connectivity index (χ1v) is 6.55. The number of ether oxygens (including phenoxy) is 1. The van der Waals surface area contributed by atoms with Crippen molar-refractivity contribution in [3.8, 4) is 5.75 Å². The summed E-state index contributed by atoms with van der Waals surface area (Å²) in [6.45, 7) is 5.41. The van der Waals surface area contributed by atoms with Crippen molar-refractivity contribution in [2.75, 3.05) is 20.2 Å². The van der Waals surface area contributed by atoms with Crippen LogP contribution >= 0.6 is 0 Å². The molecule has 1 aromatic heterocycles. The molecule has 0 N–H and O–H groups in total. The van der Waals surface area contributed by atoms with Crippen LogP contribution in [-0.2, 0) is 7.05 Å². The van der Waals surface area contributed by atoms with Gasteiger partial charge in [-0.05, 0) is 32.0 Å². The predicted molar refractivity (Wildman–Crippen MR) is 76.7 cm³/mol. The van der Waals surface area contributed by atoms with E-state index < -0.39 is 0 Å². The van der Waals surface area contributed by atoms with Crippen LogP contribution in [-0.4, -0.2) is 35.6 Å². The monoisotopic (exact) mass is 260 g/mol. The second kappa shape index (κ2) is 5.34. The maximum Gasteiger partial charge on any atom is 0.270 e. The highest BCUT2D eigenvalue weighted by Gasteiger charge is 2.19. The van der Waals surface area contributed by atoms with Crippen molar-refractivity contribution in [1.29, 1.82) is 0 Å². The number of benzene rings is 1. The number of rotatable bonds is 4. The van der Waals surface area contributed by atoms with Crippen molar-refractivity contribution in [2.24, 2.45) is 7.05 Å². The Morgan fingerprint density at radius 2 is 2.00 bits per heavy atom. The smallest absolute Gasteiger partial charge is 0.270 e. The van der Waals surface area contributed by atoms with Crippen LogP contribution in [0.3, 0.4) is 0 Å². The van der Waals surface area contributed by atoms with Gasteiger partial charge in [-0.2, -0.15) is 0 Å². The molecule has 4 nitrogen and oxygen atoms in total. The molecule has 0 spiro atoms. The third-order valence-electron chi connectivity index (χ3n) is 3.54. The third kappa shape index (κ3) is 2.18. The van der Waals surface area contributed by atoms with E-state index in [1.54, 1.807) is 7.11 Å². The Balaban J connectivity index is 2.56. The van der Waals surface area contributed by atoms with Crippen LogP contribution in [0.15, 0.2) is 24.3 Å². The van der Waals surface area contributed by atoms with Gasteiger partial charge in [-0.15, -0.1) is 0 Å². The average molecular weight is 260 g/mol. The maximum atomic E-state index is 12.5. The molecular weight excluding hydrogens is 240 g/mol. The van der Waals surface area contributed by atoms with Gasteiger partial charge < -0.3 is 14.2 Å². The molecule has 0 fully saturated rings. The molecule has 4 heteroatoms. The van der Waals surface area contributed by atoms with Gasteiger partial charge in [0.05, 0.1) is 12.6 Å². The maximum absolute atomic E-state index is 12.5. The number of amides is 1. The summed E-state index contributed by atoms with van der Waals surface area (Å²) in [5.41, 5.74) is 1.71. The number of nitrogens with zero attached hydrogens (tertiary/aromatic N) is 2. The molecule has 0 radical (unpaired) electrons. The van der Waals surface area contributed by atoms with E-state index in [0.29, 0.717) is 18.8 Å². The summed E-state index contributed by atoms with van der Waals surface area (Å²) in [7, 11) is 3.56. The number of methoxy groups -OCH3 is 1. The fourth-order valence-electron chi connectivity index (χ4n) is 2.39. The Morgan fingerprint density at radius 3 is 2.58 bits per heavy atom. The Labute approximate surface area is 113 Å². The number of aryl methyl sites for hydroxylation is 1. The van der Waals surface area contributed by atoms with E-state index in [0.717, 1.165) is 16.7 Å². The number of fused-ring (bicyclic) bond motifs is 1. The van der Waals surface area contributed by atoms with Gasteiger partial charge >= 0.3 is 0 Å². The van der Waals surface area contributed by atoms with E-state index in [4.69, 9.17) is 4.74 Å². The molecule has 0 aliphatic carbocycles. The summed E-state index contributed by atoms with van der Waals surface area (Å²) in [4.78, 5) is 14.3. The molecule has 1 aromatic carbocycles. The molecule has 102 valence electrons. The fourth-order valence-corrected chi connectivity index (χ4v) is 2.39. The quantitative estimate of drug-likeness (QED) is 0.847. The van der Waals surface area contributed by atoms with Gasteiger partial charge in [-0.3, -0.25) is 4.79 Å². The average Bonchev–Trinajstić information content (AvgIpc) is 2.77. The van der Waals surface area contributed by atoms with Crippen molar-refractivity contribution in [1.82, 2.24) is 9.47 Å². The van der Waals surface area contributed by atoms with Crippen molar-refractivity contribution in [3.05, 3.63) is 30.0 Å². The molecule has 0 aliphatic rings. The zero-order chi connectivity index (χ0) is 14.0. The Morgan fingerprint density at radius 1 is 1.32 bits per heavy atom. The molecule has 0 unspecified atom stereocenters. The number of carbonyl (C=O) groups is 1. The molecule has 19 heavy (non-hydrogen) atoms. The molecule has 0 saturated heterocycles. The summed E-state index contributed by atoms with van der Waals surface area (Å²) in [6.07, 6.45) is 0. The summed E-state index contributed by atoms with van der Waals surface area (Å²) in [6, 6.07) is 7.76. The van der Waals surface area contributed by atoms with E-state index in [-0.39, 0.29) is 5.91 Å². The molecule has 0 atom stereocenters. The lowest BCUT2D eigenvalue weighted by molar-refractivity contribution is 0.0764. The van der Waals surface area contributed by atoms with Crippen LogP contribution < -0.4 is 4.74 Å². The van der Waals surface area contributed by atoms with E-state index in [1.807, 2.05) is 54.6 Å². The first-order chi connectivity index (χ1) is 9.13. The predicted octanol–water partition coefficient (Wildman–Crippen LogP) is 2.67. The van der Waals surface area contributed by atoms with Crippen molar-refractivity contribution < 1.29 is 9.53 Å². The van der Waals surface area contributed by atoms with Gasteiger partial charge in [-0.25, -0.2) is 0 Å². The van der Waals surface area contributed by atoms with Gasteiger partial charge in [0.1, 0.15) is 11.4 Å². The Kier molecular flexibility index (Phi) is 3.79. The SMILES string of the molecule is CCN(CC)C(=O)c1cc2c(OC)cccc2n1C. The van der Waals surface area contributed by atoms with E-state index in [9.17, 15) is 4.79 Å². The molecule has 2 aromatic rings. The highest BCUT2D eigenvalue weighted by Crippen LogP contribution is 2.28. The zero-order valence-electron chi connectivity index (χ0n) is 11.9. The van der Waals surface area contributed by atoms with Gasteiger partial charge in [0.2, 0.25) is 0 Å². The lowest BCUT2D eigenvalue weighted by Gasteiger charge is -2.18. The molecule has 0 aliphatic heterocycles. The minimum Gasteiger partial charge on any atom is -0.496 e. The van der Waals surface area contributed by atoms with Crippen molar-refractivity contribution in [3.63, 3.8) is 0 Å². The first-order valence-electron chi connectivity index (χ1n) is 6.55. The summed E-state index contributed by atoms with van der Waals surface area (Å²) >= 11 is 0. The highest BCUT2D eigenvalue weighted by atomic mass is 16.5. The van der Waals surface area contributed by atoms with Gasteiger partial charge in [-0.1, -0.05) is 6.07 Å². The Bertz CT molecular complexity index is 597. The standard InChI is InChI=1S/C15H20N2O2/c1-5-17(6-2)15(18)13-10-11-12(16(13)3)8-7-9-14(11)19-4/h7-10H,5-6H2,1-4H3. The van der Waals surface area contributed by atoms with Crippen LogP contribution in [0.4, 0.5) is 0 Å². The van der Waals surface area contributed by atoms with Gasteiger partial charge in [0.15, 0.2) is 0 Å².